The van der Waals surface area contributed by atoms with E-state index in [4.69, 9.17) is 0 Å². The molecule has 1 unspecified atom stereocenters. The van der Waals surface area contributed by atoms with Crippen molar-refractivity contribution in [2.45, 2.75) is 47.5 Å². The van der Waals surface area contributed by atoms with Crippen LogP contribution in [0.15, 0.2) is 0 Å². The molecular formula is C15H28N2O2. The number of amides is 2. The maximum Gasteiger partial charge on any atom is 0.227 e. The molecule has 110 valence electrons. The first-order chi connectivity index (χ1) is 8.71. The highest BCUT2D eigenvalue weighted by Crippen LogP contribution is 2.23. The van der Waals surface area contributed by atoms with Gasteiger partial charge in [-0.15, -0.1) is 0 Å². The Morgan fingerprint density at radius 3 is 2.47 bits per heavy atom. The third-order valence-corrected chi connectivity index (χ3v) is 3.54. The zero-order valence-electron chi connectivity index (χ0n) is 13.0. The summed E-state index contributed by atoms with van der Waals surface area (Å²) in [5.74, 6) is 0.727. The molecule has 1 atom stereocenters. The summed E-state index contributed by atoms with van der Waals surface area (Å²) < 4.78 is 0. The Bertz CT molecular complexity index is 332. The maximum atomic E-state index is 12.3. The molecule has 1 saturated heterocycles. The first kappa shape index (κ1) is 16.0. The van der Waals surface area contributed by atoms with E-state index < -0.39 is 0 Å². The van der Waals surface area contributed by atoms with Gasteiger partial charge in [0.15, 0.2) is 0 Å². The number of likely N-dealkylation sites (tertiary alicyclic amines) is 1. The van der Waals surface area contributed by atoms with Crippen LogP contribution < -0.4 is 5.32 Å². The topological polar surface area (TPSA) is 49.4 Å². The minimum Gasteiger partial charge on any atom is -0.356 e. The van der Waals surface area contributed by atoms with E-state index >= 15 is 0 Å². The molecule has 0 aromatic carbocycles. The molecule has 0 radical (unpaired) electrons. The van der Waals surface area contributed by atoms with Gasteiger partial charge in [0, 0.05) is 31.0 Å². The third kappa shape index (κ3) is 4.84. The van der Waals surface area contributed by atoms with Crippen LogP contribution in [0.1, 0.15) is 47.5 Å². The zero-order valence-corrected chi connectivity index (χ0v) is 13.0. The molecule has 1 aliphatic heterocycles. The molecule has 2 amide bonds. The molecule has 0 spiro atoms. The lowest BCUT2D eigenvalue weighted by Crippen LogP contribution is -2.47. The number of nitrogens with one attached hydrogen (secondary N) is 1. The summed E-state index contributed by atoms with van der Waals surface area (Å²) in [5.41, 5.74) is -0.316. The lowest BCUT2D eigenvalue weighted by atomic mass is 9.91. The fourth-order valence-corrected chi connectivity index (χ4v) is 2.34. The fourth-order valence-electron chi connectivity index (χ4n) is 2.34. The minimum absolute atomic E-state index is 0.0240. The van der Waals surface area contributed by atoms with Gasteiger partial charge in [-0.3, -0.25) is 9.59 Å². The molecule has 4 nitrogen and oxygen atoms in total. The van der Waals surface area contributed by atoms with E-state index in [-0.39, 0.29) is 23.1 Å². The Morgan fingerprint density at radius 1 is 1.32 bits per heavy atom. The smallest absolute Gasteiger partial charge is 0.227 e. The lowest BCUT2D eigenvalue weighted by molar-refractivity contribution is -0.141. The van der Waals surface area contributed by atoms with Crippen LogP contribution in [0.2, 0.25) is 0 Å². The number of rotatable bonds is 3. The minimum atomic E-state index is -0.316. The number of carbonyl (C=O) groups is 2. The Morgan fingerprint density at radius 2 is 1.95 bits per heavy atom. The molecule has 0 bridgehead atoms. The van der Waals surface area contributed by atoms with Gasteiger partial charge in [0.25, 0.3) is 0 Å². The summed E-state index contributed by atoms with van der Waals surface area (Å²) in [4.78, 5) is 25.8. The van der Waals surface area contributed by atoms with E-state index in [1.54, 1.807) is 0 Å². The Balaban J connectivity index is 2.47. The summed E-state index contributed by atoms with van der Waals surface area (Å²) in [7, 11) is 0. The molecule has 1 aliphatic rings. The summed E-state index contributed by atoms with van der Waals surface area (Å²) in [5, 5.41) is 2.97. The van der Waals surface area contributed by atoms with Crippen molar-refractivity contribution in [2.75, 3.05) is 19.6 Å². The van der Waals surface area contributed by atoms with E-state index in [1.165, 1.54) is 0 Å². The van der Waals surface area contributed by atoms with Gasteiger partial charge in [-0.25, -0.2) is 0 Å². The predicted octanol–water partition coefficient (Wildman–Crippen LogP) is 2.04. The SMILES string of the molecule is CC(C)C(=O)NCC1CCCN(C(=O)C(C)(C)C)C1. The third-order valence-electron chi connectivity index (χ3n) is 3.54. The molecule has 1 heterocycles. The molecule has 0 saturated carbocycles. The second-order valence-electron chi connectivity index (χ2n) is 6.91. The zero-order chi connectivity index (χ0) is 14.6. The molecule has 1 rings (SSSR count). The van der Waals surface area contributed by atoms with E-state index in [0.29, 0.717) is 12.5 Å². The largest absolute Gasteiger partial charge is 0.356 e. The number of carbonyl (C=O) groups excluding carboxylic acids is 2. The summed E-state index contributed by atoms with van der Waals surface area (Å²) in [6, 6.07) is 0. The van der Waals surface area contributed by atoms with Gasteiger partial charge < -0.3 is 10.2 Å². The molecule has 1 fully saturated rings. The predicted molar refractivity (Wildman–Crippen MR) is 76.6 cm³/mol. The summed E-state index contributed by atoms with van der Waals surface area (Å²) in [6.07, 6.45) is 2.12. The number of piperidine rings is 1. The number of nitrogens with zero attached hydrogens (tertiary/aromatic N) is 1. The molecule has 0 aromatic rings. The van der Waals surface area contributed by atoms with Crippen LogP contribution in [-0.2, 0) is 9.59 Å². The first-order valence-corrected chi connectivity index (χ1v) is 7.29. The van der Waals surface area contributed by atoms with Gasteiger partial charge in [0.05, 0.1) is 0 Å². The van der Waals surface area contributed by atoms with Crippen molar-refractivity contribution in [1.82, 2.24) is 10.2 Å². The molecule has 0 aliphatic carbocycles. The van der Waals surface area contributed by atoms with Crippen LogP contribution in [0.25, 0.3) is 0 Å². The number of hydrogen-bond acceptors (Lipinski definition) is 2. The van der Waals surface area contributed by atoms with Crippen LogP contribution in [0.5, 0.6) is 0 Å². The highest BCUT2D eigenvalue weighted by Gasteiger charge is 2.31. The maximum absolute atomic E-state index is 12.3. The van der Waals surface area contributed by atoms with E-state index in [0.717, 1.165) is 25.9 Å². The van der Waals surface area contributed by atoms with Gasteiger partial charge >= 0.3 is 0 Å². The molecule has 19 heavy (non-hydrogen) atoms. The molecule has 1 N–H and O–H groups in total. The van der Waals surface area contributed by atoms with Crippen molar-refractivity contribution in [3.63, 3.8) is 0 Å². The van der Waals surface area contributed by atoms with Crippen molar-refractivity contribution in [3.8, 4) is 0 Å². The van der Waals surface area contributed by atoms with Gasteiger partial charge in [-0.1, -0.05) is 34.6 Å². The average molecular weight is 268 g/mol. The quantitative estimate of drug-likeness (QED) is 0.851. The molecule has 4 heteroatoms. The lowest BCUT2D eigenvalue weighted by Gasteiger charge is -2.36. The van der Waals surface area contributed by atoms with E-state index in [1.807, 2.05) is 39.5 Å². The van der Waals surface area contributed by atoms with Crippen LogP contribution in [0.3, 0.4) is 0 Å². The van der Waals surface area contributed by atoms with Crippen LogP contribution in [0, 0.1) is 17.3 Å². The standard InChI is InChI=1S/C15H28N2O2/c1-11(2)13(18)16-9-12-7-6-8-17(10-12)14(19)15(3,4)5/h11-12H,6-10H2,1-5H3,(H,16,18). The second-order valence-corrected chi connectivity index (χ2v) is 6.91. The van der Waals surface area contributed by atoms with Gasteiger partial charge in [0.1, 0.15) is 0 Å². The van der Waals surface area contributed by atoms with Gasteiger partial charge in [0.2, 0.25) is 11.8 Å². The van der Waals surface area contributed by atoms with Crippen molar-refractivity contribution in [1.29, 1.82) is 0 Å². The Labute approximate surface area is 116 Å². The van der Waals surface area contributed by atoms with Crippen molar-refractivity contribution in [2.24, 2.45) is 17.3 Å². The normalized spacial score (nSPS) is 20.5. The second kappa shape index (κ2) is 6.40. The monoisotopic (exact) mass is 268 g/mol. The highest BCUT2D eigenvalue weighted by molar-refractivity contribution is 5.81. The molecular weight excluding hydrogens is 240 g/mol. The van der Waals surface area contributed by atoms with Crippen molar-refractivity contribution < 1.29 is 9.59 Å². The van der Waals surface area contributed by atoms with Crippen LogP contribution in [-0.4, -0.2) is 36.3 Å². The van der Waals surface area contributed by atoms with Gasteiger partial charge in [-0.2, -0.15) is 0 Å². The van der Waals surface area contributed by atoms with E-state index in [9.17, 15) is 9.59 Å². The van der Waals surface area contributed by atoms with Crippen LogP contribution in [0.4, 0.5) is 0 Å². The van der Waals surface area contributed by atoms with Crippen molar-refractivity contribution >= 4 is 11.8 Å². The average Bonchev–Trinajstić information content (AvgIpc) is 2.34. The summed E-state index contributed by atoms with van der Waals surface area (Å²) in [6.45, 7) is 12.0. The van der Waals surface area contributed by atoms with E-state index in [2.05, 4.69) is 5.32 Å². The van der Waals surface area contributed by atoms with Gasteiger partial charge in [-0.05, 0) is 18.8 Å². The van der Waals surface area contributed by atoms with Crippen LogP contribution >= 0.6 is 0 Å². The Kier molecular flexibility index (Phi) is 5.39. The first-order valence-electron chi connectivity index (χ1n) is 7.29. The number of hydrogen-bond donors (Lipinski definition) is 1. The fraction of sp³-hybridized carbons (Fsp3) is 0.867. The van der Waals surface area contributed by atoms with Crippen molar-refractivity contribution in [3.05, 3.63) is 0 Å². The molecule has 0 aromatic heterocycles. The Hall–Kier alpha value is -1.06. The summed E-state index contributed by atoms with van der Waals surface area (Å²) >= 11 is 0. The highest BCUT2D eigenvalue weighted by atomic mass is 16.2.